The SMILES string of the molecule is CCC(CSC)NC(C)CS(=O)(=O)CC. The van der Waals surface area contributed by atoms with Crippen molar-refractivity contribution in [3.63, 3.8) is 0 Å². The van der Waals surface area contributed by atoms with Gasteiger partial charge in [-0.25, -0.2) is 8.42 Å². The number of thioether (sulfide) groups is 1. The number of rotatable bonds is 8. The Labute approximate surface area is 98.3 Å². The number of hydrogen-bond donors (Lipinski definition) is 1. The molecule has 0 aliphatic heterocycles. The van der Waals surface area contributed by atoms with E-state index in [0.29, 0.717) is 6.04 Å². The van der Waals surface area contributed by atoms with Crippen molar-refractivity contribution >= 4 is 21.6 Å². The fourth-order valence-corrected chi connectivity index (χ4v) is 3.26. The van der Waals surface area contributed by atoms with E-state index in [-0.39, 0.29) is 17.5 Å². The summed E-state index contributed by atoms with van der Waals surface area (Å²) in [5.41, 5.74) is 0. The standard InChI is InChI=1S/C10H23NO2S2/c1-5-10(7-14-4)11-9(3)8-15(12,13)6-2/h9-11H,5-8H2,1-4H3. The zero-order chi connectivity index (χ0) is 11.9. The molecule has 92 valence electrons. The summed E-state index contributed by atoms with van der Waals surface area (Å²) in [6.07, 6.45) is 3.11. The Morgan fingerprint density at radius 1 is 1.33 bits per heavy atom. The van der Waals surface area contributed by atoms with Gasteiger partial charge in [-0.15, -0.1) is 0 Å². The van der Waals surface area contributed by atoms with Crippen molar-refractivity contribution in [2.24, 2.45) is 0 Å². The maximum absolute atomic E-state index is 11.4. The van der Waals surface area contributed by atoms with Gasteiger partial charge in [0.2, 0.25) is 0 Å². The second kappa shape index (κ2) is 7.52. The van der Waals surface area contributed by atoms with E-state index in [9.17, 15) is 8.42 Å². The van der Waals surface area contributed by atoms with Gasteiger partial charge in [0.25, 0.3) is 0 Å². The first-order valence-corrected chi connectivity index (χ1v) is 8.62. The second-order valence-electron chi connectivity index (χ2n) is 3.83. The van der Waals surface area contributed by atoms with E-state index >= 15 is 0 Å². The fraction of sp³-hybridized carbons (Fsp3) is 1.00. The number of hydrogen-bond acceptors (Lipinski definition) is 4. The summed E-state index contributed by atoms with van der Waals surface area (Å²) >= 11 is 1.79. The Bertz CT molecular complexity index is 252. The molecular formula is C10H23NO2S2. The van der Waals surface area contributed by atoms with E-state index in [4.69, 9.17) is 0 Å². The molecule has 0 aromatic rings. The molecule has 0 aliphatic carbocycles. The highest BCUT2D eigenvalue weighted by molar-refractivity contribution is 7.98. The summed E-state index contributed by atoms with van der Waals surface area (Å²) in [6.45, 7) is 5.76. The smallest absolute Gasteiger partial charge is 0.151 e. The van der Waals surface area contributed by atoms with Crippen molar-refractivity contribution in [3.05, 3.63) is 0 Å². The lowest BCUT2D eigenvalue weighted by atomic mass is 10.2. The average Bonchev–Trinajstić information content (AvgIpc) is 2.16. The van der Waals surface area contributed by atoms with Crippen molar-refractivity contribution in [2.75, 3.05) is 23.5 Å². The Morgan fingerprint density at radius 3 is 2.33 bits per heavy atom. The third kappa shape index (κ3) is 7.19. The Morgan fingerprint density at radius 2 is 1.93 bits per heavy atom. The molecule has 2 atom stereocenters. The van der Waals surface area contributed by atoms with Crippen LogP contribution in [0.2, 0.25) is 0 Å². The first kappa shape index (κ1) is 15.3. The third-order valence-corrected chi connectivity index (χ3v) is 4.95. The molecule has 0 aliphatic rings. The summed E-state index contributed by atoms with van der Waals surface area (Å²) in [5, 5.41) is 3.36. The molecule has 0 spiro atoms. The van der Waals surface area contributed by atoms with Crippen LogP contribution in [-0.2, 0) is 9.84 Å². The summed E-state index contributed by atoms with van der Waals surface area (Å²) in [4.78, 5) is 0. The van der Waals surface area contributed by atoms with Crippen LogP contribution < -0.4 is 5.32 Å². The van der Waals surface area contributed by atoms with Gasteiger partial charge in [-0.05, 0) is 19.6 Å². The predicted molar refractivity (Wildman–Crippen MR) is 69.4 cm³/mol. The Hall–Kier alpha value is 0.260. The van der Waals surface area contributed by atoms with Gasteiger partial charge in [-0.1, -0.05) is 13.8 Å². The van der Waals surface area contributed by atoms with Crippen molar-refractivity contribution in [1.82, 2.24) is 5.32 Å². The van der Waals surface area contributed by atoms with Gasteiger partial charge < -0.3 is 5.32 Å². The van der Waals surface area contributed by atoms with Crippen LogP contribution in [0.5, 0.6) is 0 Å². The zero-order valence-electron chi connectivity index (χ0n) is 10.1. The maximum Gasteiger partial charge on any atom is 0.151 e. The molecular weight excluding hydrogens is 230 g/mol. The minimum absolute atomic E-state index is 0.0482. The third-order valence-electron chi connectivity index (χ3n) is 2.32. The number of nitrogens with one attached hydrogen (secondary N) is 1. The molecule has 15 heavy (non-hydrogen) atoms. The first-order valence-electron chi connectivity index (χ1n) is 5.40. The summed E-state index contributed by atoms with van der Waals surface area (Å²) in [5.74, 6) is 1.51. The van der Waals surface area contributed by atoms with Crippen LogP contribution in [0.4, 0.5) is 0 Å². The summed E-state index contributed by atoms with van der Waals surface area (Å²) < 4.78 is 22.8. The van der Waals surface area contributed by atoms with Crippen LogP contribution in [-0.4, -0.2) is 44.0 Å². The van der Waals surface area contributed by atoms with Gasteiger partial charge in [0, 0.05) is 23.6 Å². The van der Waals surface area contributed by atoms with Crippen molar-refractivity contribution in [1.29, 1.82) is 0 Å². The van der Waals surface area contributed by atoms with Gasteiger partial charge in [-0.2, -0.15) is 11.8 Å². The van der Waals surface area contributed by atoms with Crippen molar-refractivity contribution < 1.29 is 8.42 Å². The van der Waals surface area contributed by atoms with Crippen LogP contribution in [0, 0.1) is 0 Å². The Balaban J connectivity index is 4.06. The largest absolute Gasteiger partial charge is 0.310 e. The highest BCUT2D eigenvalue weighted by Crippen LogP contribution is 2.03. The fourth-order valence-electron chi connectivity index (χ4n) is 1.43. The van der Waals surface area contributed by atoms with E-state index in [2.05, 4.69) is 18.5 Å². The maximum atomic E-state index is 11.4. The van der Waals surface area contributed by atoms with Crippen LogP contribution in [0.15, 0.2) is 0 Å². The molecule has 0 rings (SSSR count). The van der Waals surface area contributed by atoms with Crippen LogP contribution >= 0.6 is 11.8 Å². The lowest BCUT2D eigenvalue weighted by Crippen LogP contribution is -2.41. The van der Waals surface area contributed by atoms with Crippen LogP contribution in [0.3, 0.4) is 0 Å². The highest BCUT2D eigenvalue weighted by atomic mass is 32.2. The van der Waals surface area contributed by atoms with E-state index in [1.54, 1.807) is 18.7 Å². The Kier molecular flexibility index (Phi) is 7.65. The predicted octanol–water partition coefficient (Wildman–Crippen LogP) is 1.54. The monoisotopic (exact) mass is 253 g/mol. The van der Waals surface area contributed by atoms with E-state index in [0.717, 1.165) is 12.2 Å². The molecule has 2 unspecified atom stereocenters. The molecule has 0 saturated heterocycles. The molecule has 0 fully saturated rings. The summed E-state index contributed by atoms with van der Waals surface area (Å²) in [6, 6.07) is 0.467. The van der Waals surface area contributed by atoms with Gasteiger partial charge in [-0.3, -0.25) is 0 Å². The molecule has 0 amide bonds. The molecule has 5 heteroatoms. The molecule has 0 bridgehead atoms. The quantitative estimate of drug-likeness (QED) is 0.713. The molecule has 0 heterocycles. The second-order valence-corrected chi connectivity index (χ2v) is 7.14. The van der Waals surface area contributed by atoms with Gasteiger partial charge in [0.05, 0.1) is 5.75 Å². The molecule has 3 nitrogen and oxygen atoms in total. The molecule has 0 aromatic heterocycles. The van der Waals surface area contributed by atoms with Gasteiger partial charge in [0.15, 0.2) is 9.84 Å². The lowest BCUT2D eigenvalue weighted by molar-refractivity contribution is 0.481. The highest BCUT2D eigenvalue weighted by Gasteiger charge is 2.16. The molecule has 0 radical (unpaired) electrons. The van der Waals surface area contributed by atoms with Gasteiger partial charge >= 0.3 is 0 Å². The first-order chi connectivity index (χ1) is 6.95. The topological polar surface area (TPSA) is 46.2 Å². The minimum Gasteiger partial charge on any atom is -0.310 e. The van der Waals surface area contributed by atoms with E-state index < -0.39 is 9.84 Å². The van der Waals surface area contributed by atoms with Crippen LogP contribution in [0.1, 0.15) is 27.2 Å². The number of sulfone groups is 1. The minimum atomic E-state index is -2.86. The van der Waals surface area contributed by atoms with Gasteiger partial charge in [0.1, 0.15) is 0 Å². The summed E-state index contributed by atoms with van der Waals surface area (Å²) in [7, 11) is -2.86. The van der Waals surface area contributed by atoms with E-state index in [1.165, 1.54) is 0 Å². The normalized spacial score (nSPS) is 16.3. The lowest BCUT2D eigenvalue weighted by Gasteiger charge is -2.21. The van der Waals surface area contributed by atoms with Crippen molar-refractivity contribution in [3.8, 4) is 0 Å². The van der Waals surface area contributed by atoms with Crippen LogP contribution in [0.25, 0.3) is 0 Å². The zero-order valence-corrected chi connectivity index (χ0v) is 11.7. The average molecular weight is 253 g/mol. The van der Waals surface area contributed by atoms with Crippen molar-refractivity contribution in [2.45, 2.75) is 39.3 Å². The molecule has 0 aromatic carbocycles. The molecule has 0 saturated carbocycles. The van der Waals surface area contributed by atoms with E-state index in [1.807, 2.05) is 6.92 Å². The molecule has 1 N–H and O–H groups in total.